The molecule has 0 radical (unpaired) electrons. The number of nitrogens with one attached hydrogen (secondary N) is 1. The molecule has 2 unspecified atom stereocenters. The van der Waals surface area contributed by atoms with Crippen molar-refractivity contribution in [2.75, 3.05) is 26.1 Å². The Kier molecular flexibility index (Phi) is 8.79. The number of fused-ring (bicyclic) bond motifs is 2. The van der Waals surface area contributed by atoms with Crippen LogP contribution >= 0.6 is 11.8 Å². The quantitative estimate of drug-likeness (QED) is 0.342. The molecule has 4 atom stereocenters. The summed E-state index contributed by atoms with van der Waals surface area (Å²) in [5, 5.41) is 3.35. The lowest BCUT2D eigenvalue weighted by molar-refractivity contribution is 0.0801. The van der Waals surface area contributed by atoms with Gasteiger partial charge in [0.15, 0.2) is 0 Å². The molecule has 0 aromatic heterocycles. The number of carbonyl (C=O) groups is 1. The van der Waals surface area contributed by atoms with Crippen LogP contribution in [0.5, 0.6) is 5.75 Å². The minimum atomic E-state index is 0.0547. The standard InChI is InChI=1S/C29H40N2O3S/c1-6-35-26-10-7-22(8-11-26)29(32)30-24-16-25-15-19(2)27(17-24)31(25)18-23-9-12-28(21(4)20(23)3)34-14-13-33-5/h7-12,19,24-25,27H,6,13-18H2,1-5H3,(H,30,32)/t19-,24?,25?,27-/m1/s1. The summed E-state index contributed by atoms with van der Waals surface area (Å²) < 4.78 is 11.0. The Balaban J connectivity index is 1.39. The van der Waals surface area contributed by atoms with Gasteiger partial charge in [-0.3, -0.25) is 9.69 Å². The molecule has 2 aliphatic rings. The zero-order valence-corrected chi connectivity index (χ0v) is 22.6. The van der Waals surface area contributed by atoms with Gasteiger partial charge in [0.05, 0.1) is 6.61 Å². The minimum absolute atomic E-state index is 0.0547. The van der Waals surface area contributed by atoms with E-state index < -0.39 is 0 Å². The second kappa shape index (κ2) is 11.8. The SMILES string of the molecule is CCSc1ccc(C(=O)NC2CC3C[C@@H](C)[C@@H](C2)N3Cc2ccc(OCCOC)c(C)c2C)cc1. The molecule has 0 saturated carbocycles. The van der Waals surface area contributed by atoms with E-state index in [4.69, 9.17) is 9.47 Å². The summed E-state index contributed by atoms with van der Waals surface area (Å²) in [6, 6.07) is 13.6. The maximum Gasteiger partial charge on any atom is 0.251 e. The number of methoxy groups -OCH3 is 1. The molecule has 2 heterocycles. The largest absolute Gasteiger partial charge is 0.491 e. The highest BCUT2D eigenvalue weighted by molar-refractivity contribution is 7.99. The number of rotatable bonds is 10. The Morgan fingerprint density at radius 1 is 1.06 bits per heavy atom. The van der Waals surface area contributed by atoms with Crippen LogP contribution in [0, 0.1) is 19.8 Å². The number of hydrogen-bond donors (Lipinski definition) is 1. The van der Waals surface area contributed by atoms with Crippen LogP contribution < -0.4 is 10.1 Å². The molecule has 0 spiro atoms. The summed E-state index contributed by atoms with van der Waals surface area (Å²) in [7, 11) is 1.69. The van der Waals surface area contributed by atoms with Crippen LogP contribution in [0.2, 0.25) is 0 Å². The molecule has 4 rings (SSSR count). The number of carbonyl (C=O) groups excluding carboxylic acids is 1. The summed E-state index contributed by atoms with van der Waals surface area (Å²) in [5.74, 6) is 2.68. The van der Waals surface area contributed by atoms with E-state index in [1.807, 2.05) is 12.1 Å². The molecular formula is C29H40N2O3S. The lowest BCUT2D eigenvalue weighted by atomic mass is 9.93. The first-order valence-electron chi connectivity index (χ1n) is 12.9. The summed E-state index contributed by atoms with van der Waals surface area (Å²) >= 11 is 1.80. The van der Waals surface area contributed by atoms with Crippen LogP contribution in [-0.2, 0) is 11.3 Å². The first-order chi connectivity index (χ1) is 16.9. The molecule has 1 N–H and O–H groups in total. The first-order valence-corrected chi connectivity index (χ1v) is 13.9. The number of hydrogen-bond acceptors (Lipinski definition) is 5. The van der Waals surface area contributed by atoms with Gasteiger partial charge in [-0.1, -0.05) is 19.9 Å². The van der Waals surface area contributed by atoms with E-state index in [9.17, 15) is 4.79 Å². The smallest absolute Gasteiger partial charge is 0.251 e. The van der Waals surface area contributed by atoms with Crippen molar-refractivity contribution in [3.05, 3.63) is 58.7 Å². The van der Waals surface area contributed by atoms with Gasteiger partial charge in [0.2, 0.25) is 0 Å². The maximum atomic E-state index is 12.9. The molecule has 5 nitrogen and oxygen atoms in total. The Morgan fingerprint density at radius 3 is 2.51 bits per heavy atom. The molecule has 35 heavy (non-hydrogen) atoms. The third kappa shape index (κ3) is 6.04. The van der Waals surface area contributed by atoms with E-state index in [1.165, 1.54) is 28.0 Å². The van der Waals surface area contributed by atoms with Gasteiger partial charge in [-0.2, -0.15) is 0 Å². The molecule has 0 aliphatic carbocycles. The summed E-state index contributed by atoms with van der Waals surface area (Å²) in [6.07, 6.45) is 3.24. The molecule has 2 aromatic rings. The fraction of sp³-hybridized carbons (Fsp3) is 0.552. The third-order valence-corrected chi connectivity index (χ3v) is 8.68. The predicted molar refractivity (Wildman–Crippen MR) is 144 cm³/mol. The number of thioether (sulfide) groups is 1. The lowest BCUT2D eigenvalue weighted by Crippen LogP contribution is -2.50. The van der Waals surface area contributed by atoms with Gasteiger partial charge in [0.1, 0.15) is 12.4 Å². The highest BCUT2D eigenvalue weighted by atomic mass is 32.2. The van der Waals surface area contributed by atoms with E-state index in [-0.39, 0.29) is 11.9 Å². The van der Waals surface area contributed by atoms with E-state index in [0.29, 0.717) is 31.2 Å². The minimum Gasteiger partial charge on any atom is -0.491 e. The summed E-state index contributed by atoms with van der Waals surface area (Å²) in [6.45, 7) is 11.0. The summed E-state index contributed by atoms with van der Waals surface area (Å²) in [4.78, 5) is 16.8. The van der Waals surface area contributed by atoms with Crippen LogP contribution in [0.3, 0.4) is 0 Å². The van der Waals surface area contributed by atoms with E-state index >= 15 is 0 Å². The Hall–Kier alpha value is -2.02. The number of amides is 1. The predicted octanol–water partition coefficient (Wildman–Crippen LogP) is 5.61. The number of nitrogens with zero attached hydrogens (tertiary/aromatic N) is 1. The van der Waals surface area contributed by atoms with Crippen LogP contribution in [0.25, 0.3) is 0 Å². The molecule has 2 fully saturated rings. The van der Waals surface area contributed by atoms with Crippen LogP contribution in [0.15, 0.2) is 41.3 Å². The number of benzene rings is 2. The molecule has 2 saturated heterocycles. The highest BCUT2D eigenvalue weighted by Crippen LogP contribution is 2.41. The van der Waals surface area contributed by atoms with Crippen molar-refractivity contribution in [1.82, 2.24) is 10.2 Å². The van der Waals surface area contributed by atoms with Crippen LogP contribution in [0.1, 0.15) is 60.2 Å². The van der Waals surface area contributed by atoms with Crippen molar-refractivity contribution in [3.63, 3.8) is 0 Å². The molecule has 2 aromatic carbocycles. The van der Waals surface area contributed by atoms with Crippen LogP contribution in [0.4, 0.5) is 0 Å². The van der Waals surface area contributed by atoms with Gasteiger partial charge in [-0.15, -0.1) is 11.8 Å². The summed E-state index contributed by atoms with van der Waals surface area (Å²) in [5.41, 5.74) is 4.65. The van der Waals surface area contributed by atoms with E-state index in [2.05, 4.69) is 62.2 Å². The second-order valence-electron chi connectivity index (χ2n) is 10.0. The fourth-order valence-corrected chi connectivity index (χ4v) is 6.41. The normalized spacial score (nSPS) is 23.9. The zero-order chi connectivity index (χ0) is 24.9. The van der Waals surface area contributed by atoms with Crippen LogP contribution in [-0.4, -0.2) is 55.0 Å². The second-order valence-corrected chi connectivity index (χ2v) is 11.4. The molecular weight excluding hydrogens is 456 g/mol. The van der Waals surface area contributed by atoms with E-state index in [1.54, 1.807) is 18.9 Å². The topological polar surface area (TPSA) is 50.8 Å². The average molecular weight is 497 g/mol. The van der Waals surface area contributed by atoms with Gasteiger partial charge in [0, 0.05) is 42.2 Å². The highest BCUT2D eigenvalue weighted by Gasteiger charge is 2.45. The first kappa shape index (κ1) is 26.1. The Morgan fingerprint density at radius 2 is 1.83 bits per heavy atom. The van der Waals surface area contributed by atoms with Crippen molar-refractivity contribution in [3.8, 4) is 5.75 Å². The van der Waals surface area contributed by atoms with Gasteiger partial charge >= 0.3 is 0 Å². The molecule has 2 bridgehead atoms. The fourth-order valence-electron chi connectivity index (χ4n) is 5.75. The van der Waals surface area contributed by atoms with Crippen molar-refractivity contribution < 1.29 is 14.3 Å². The van der Waals surface area contributed by atoms with Gasteiger partial charge < -0.3 is 14.8 Å². The Bertz CT molecular complexity index is 1010. The van der Waals surface area contributed by atoms with Crippen molar-refractivity contribution in [2.24, 2.45) is 5.92 Å². The Labute approximate surface area is 215 Å². The molecule has 1 amide bonds. The zero-order valence-electron chi connectivity index (χ0n) is 21.8. The van der Waals surface area contributed by atoms with Gasteiger partial charge in [0.25, 0.3) is 5.91 Å². The average Bonchev–Trinajstić information content (AvgIpc) is 3.01. The number of ether oxygens (including phenoxy) is 2. The van der Waals surface area contributed by atoms with Crippen molar-refractivity contribution >= 4 is 17.7 Å². The van der Waals surface area contributed by atoms with Crippen molar-refractivity contribution in [2.45, 2.75) is 76.5 Å². The molecule has 190 valence electrons. The van der Waals surface area contributed by atoms with Crippen molar-refractivity contribution in [1.29, 1.82) is 0 Å². The lowest BCUT2D eigenvalue weighted by Gasteiger charge is -2.40. The molecule has 2 aliphatic heterocycles. The maximum absolute atomic E-state index is 12.9. The third-order valence-electron chi connectivity index (χ3n) is 7.79. The monoisotopic (exact) mass is 496 g/mol. The van der Waals surface area contributed by atoms with Gasteiger partial charge in [-0.25, -0.2) is 0 Å². The van der Waals surface area contributed by atoms with Gasteiger partial charge in [-0.05, 0) is 91.8 Å². The number of piperidine rings is 1. The van der Waals surface area contributed by atoms with E-state index in [0.717, 1.165) is 36.5 Å². The molecule has 6 heteroatoms.